The van der Waals surface area contributed by atoms with E-state index in [9.17, 15) is 8.42 Å². The molecule has 0 spiro atoms. The predicted octanol–water partition coefficient (Wildman–Crippen LogP) is -1.53. The highest BCUT2D eigenvalue weighted by Crippen LogP contribution is 2.24. The van der Waals surface area contributed by atoms with Crippen molar-refractivity contribution in [2.45, 2.75) is 6.54 Å². The van der Waals surface area contributed by atoms with E-state index in [1.807, 2.05) is 0 Å². The fourth-order valence-corrected chi connectivity index (χ4v) is 4.73. The van der Waals surface area contributed by atoms with Crippen LogP contribution in [0, 0.1) is 0 Å². The lowest BCUT2D eigenvalue weighted by Crippen LogP contribution is -2.48. The van der Waals surface area contributed by atoms with Gasteiger partial charge in [0.15, 0.2) is 17.5 Å². The number of ether oxygens (including phenoxy) is 1. The van der Waals surface area contributed by atoms with Crippen molar-refractivity contribution < 1.29 is 13.2 Å². The number of hydrogen-bond donors (Lipinski definition) is 1. The normalized spacial score (nSPS) is 18.8. The molecular formula is C18H25N11O3S. The van der Waals surface area contributed by atoms with E-state index >= 15 is 0 Å². The van der Waals surface area contributed by atoms with E-state index in [0.717, 1.165) is 0 Å². The molecule has 0 saturated carbocycles. The zero-order chi connectivity index (χ0) is 23.0. The van der Waals surface area contributed by atoms with Gasteiger partial charge in [0, 0.05) is 51.7 Å². The van der Waals surface area contributed by atoms with Gasteiger partial charge in [-0.15, -0.1) is 15.3 Å². The molecule has 2 aliphatic heterocycles. The zero-order valence-corrected chi connectivity index (χ0v) is 19.0. The van der Waals surface area contributed by atoms with E-state index in [4.69, 9.17) is 15.5 Å². The molecule has 0 aromatic carbocycles. The highest BCUT2D eigenvalue weighted by Gasteiger charge is 2.26. The van der Waals surface area contributed by atoms with Crippen molar-refractivity contribution in [1.29, 1.82) is 0 Å². The van der Waals surface area contributed by atoms with E-state index < -0.39 is 10.0 Å². The van der Waals surface area contributed by atoms with Crippen LogP contribution in [0.2, 0.25) is 0 Å². The lowest BCUT2D eigenvalue weighted by Gasteiger charge is -2.32. The maximum absolute atomic E-state index is 11.8. The third kappa shape index (κ3) is 4.57. The number of nitrogens with zero attached hydrogens (tertiary/aromatic N) is 10. The smallest absolute Gasteiger partial charge is 0.220 e. The Morgan fingerprint density at radius 2 is 1.73 bits per heavy atom. The highest BCUT2D eigenvalue weighted by molar-refractivity contribution is 7.88. The van der Waals surface area contributed by atoms with Crippen molar-refractivity contribution in [1.82, 2.24) is 44.0 Å². The Morgan fingerprint density at radius 1 is 1.03 bits per heavy atom. The number of nitrogens with two attached hydrogens (primary N) is 1. The molecule has 0 bridgehead atoms. The fourth-order valence-electron chi connectivity index (χ4n) is 3.90. The molecule has 15 heteroatoms. The highest BCUT2D eigenvalue weighted by atomic mass is 32.2. The molecule has 3 aromatic heterocycles. The van der Waals surface area contributed by atoms with Crippen LogP contribution in [0.5, 0.6) is 0 Å². The van der Waals surface area contributed by atoms with Crippen molar-refractivity contribution in [3.05, 3.63) is 18.2 Å². The molecule has 0 atom stereocenters. The van der Waals surface area contributed by atoms with Gasteiger partial charge in [0.2, 0.25) is 21.6 Å². The number of piperazine rings is 1. The maximum Gasteiger partial charge on any atom is 0.220 e. The second-order valence-corrected chi connectivity index (χ2v) is 9.96. The first-order valence-corrected chi connectivity index (χ1v) is 12.4. The third-order valence-corrected chi connectivity index (χ3v) is 7.02. The molecular weight excluding hydrogens is 450 g/mol. The van der Waals surface area contributed by atoms with Crippen LogP contribution in [0.1, 0.15) is 5.82 Å². The first-order chi connectivity index (χ1) is 15.9. The van der Waals surface area contributed by atoms with E-state index in [1.165, 1.54) is 10.6 Å². The predicted molar refractivity (Wildman–Crippen MR) is 119 cm³/mol. The van der Waals surface area contributed by atoms with Crippen molar-refractivity contribution in [2.75, 3.05) is 69.4 Å². The molecule has 2 saturated heterocycles. The van der Waals surface area contributed by atoms with Crippen molar-refractivity contribution >= 4 is 27.4 Å². The maximum atomic E-state index is 11.8. The molecule has 0 aliphatic carbocycles. The molecule has 5 heterocycles. The molecule has 2 aliphatic rings. The van der Waals surface area contributed by atoms with Gasteiger partial charge in [0.1, 0.15) is 0 Å². The Balaban J connectivity index is 1.48. The summed E-state index contributed by atoms with van der Waals surface area (Å²) in [4.78, 5) is 17.1. The summed E-state index contributed by atoms with van der Waals surface area (Å²) in [5.74, 6) is 1.92. The summed E-state index contributed by atoms with van der Waals surface area (Å²) < 4.78 is 32.3. The second kappa shape index (κ2) is 8.74. The van der Waals surface area contributed by atoms with Crippen molar-refractivity contribution in [3.8, 4) is 11.4 Å². The minimum Gasteiger partial charge on any atom is -0.378 e. The molecule has 14 nitrogen and oxygen atoms in total. The number of nitrogen functional groups attached to an aromatic ring is 1. The number of aromatic nitrogens is 7. The van der Waals surface area contributed by atoms with Crippen LogP contribution in [-0.4, -0.2) is 111 Å². The average molecular weight is 476 g/mol. The van der Waals surface area contributed by atoms with Crippen LogP contribution < -0.4 is 10.6 Å². The largest absolute Gasteiger partial charge is 0.378 e. The summed E-state index contributed by atoms with van der Waals surface area (Å²) in [5.41, 5.74) is 6.82. The van der Waals surface area contributed by atoms with Gasteiger partial charge in [0.05, 0.1) is 31.6 Å². The summed E-state index contributed by atoms with van der Waals surface area (Å²) in [7, 11) is -3.19. The monoisotopic (exact) mass is 475 g/mol. The fraction of sp³-hybridized carbons (Fsp3) is 0.556. The van der Waals surface area contributed by atoms with Gasteiger partial charge in [-0.25, -0.2) is 23.4 Å². The summed E-state index contributed by atoms with van der Waals surface area (Å²) in [6.07, 6.45) is 4.41. The molecule has 3 aromatic rings. The van der Waals surface area contributed by atoms with Crippen LogP contribution in [0.15, 0.2) is 12.4 Å². The number of hydrogen-bond acceptors (Lipinski definition) is 12. The van der Waals surface area contributed by atoms with Gasteiger partial charge >= 0.3 is 0 Å². The van der Waals surface area contributed by atoms with Crippen LogP contribution in [0.25, 0.3) is 17.0 Å². The first kappa shape index (κ1) is 21.8. The summed E-state index contributed by atoms with van der Waals surface area (Å²) in [5, 5.41) is 13.5. The Morgan fingerprint density at radius 3 is 2.39 bits per heavy atom. The lowest BCUT2D eigenvalue weighted by molar-refractivity contribution is 0.122. The van der Waals surface area contributed by atoms with E-state index in [-0.39, 0.29) is 5.95 Å². The van der Waals surface area contributed by atoms with Crippen LogP contribution >= 0.6 is 0 Å². The number of anilines is 2. The van der Waals surface area contributed by atoms with Crippen LogP contribution in [0.4, 0.5) is 11.8 Å². The Hall–Kier alpha value is -3.01. The van der Waals surface area contributed by atoms with Gasteiger partial charge < -0.3 is 15.4 Å². The minimum atomic E-state index is -3.19. The van der Waals surface area contributed by atoms with Gasteiger partial charge in [-0.05, 0) is 0 Å². The summed E-state index contributed by atoms with van der Waals surface area (Å²) in [6.45, 7) is 5.12. The summed E-state index contributed by atoms with van der Waals surface area (Å²) >= 11 is 0. The lowest BCUT2D eigenvalue weighted by atomic mass is 10.3. The molecule has 33 heavy (non-hydrogen) atoms. The summed E-state index contributed by atoms with van der Waals surface area (Å²) in [6, 6.07) is 0. The van der Waals surface area contributed by atoms with Gasteiger partial charge in [0.25, 0.3) is 0 Å². The molecule has 2 fully saturated rings. The Labute approximate surface area is 190 Å². The number of sulfonamides is 1. The molecule has 0 amide bonds. The Kier molecular flexibility index (Phi) is 5.77. The van der Waals surface area contributed by atoms with Crippen LogP contribution in [-0.2, 0) is 21.3 Å². The molecule has 2 N–H and O–H groups in total. The SMILES string of the molecule is CS(=O)(=O)N1CCN(Cc2nnc3c(N4CCOCC4)nc(-c4cnc(N)nc4)nn23)CC1. The number of morpholine rings is 1. The van der Waals surface area contributed by atoms with Crippen molar-refractivity contribution in [2.24, 2.45) is 0 Å². The number of rotatable bonds is 5. The molecule has 0 unspecified atom stereocenters. The number of fused-ring (bicyclic) bond motifs is 1. The van der Waals surface area contributed by atoms with Gasteiger partial charge in [-0.1, -0.05) is 0 Å². The Bertz CT molecular complexity index is 1230. The van der Waals surface area contributed by atoms with Gasteiger partial charge in [-0.3, -0.25) is 4.90 Å². The molecule has 0 radical (unpaired) electrons. The molecule has 5 rings (SSSR count). The van der Waals surface area contributed by atoms with Gasteiger partial charge in [-0.2, -0.15) is 8.82 Å². The van der Waals surface area contributed by atoms with E-state index in [1.54, 1.807) is 16.9 Å². The van der Waals surface area contributed by atoms with E-state index in [2.05, 4.69) is 35.1 Å². The third-order valence-electron chi connectivity index (χ3n) is 5.72. The van der Waals surface area contributed by atoms with Crippen LogP contribution in [0.3, 0.4) is 0 Å². The quantitative estimate of drug-likeness (QED) is 0.454. The standard InChI is InChI=1S/C18H25N11O3S/c1-33(30,31)28-4-2-26(3-5-28)12-14-23-24-17-16(27-6-8-32-9-7-27)22-15(25-29(14)17)13-10-20-18(19)21-11-13/h10-11H,2-9,12H2,1H3,(H2,19,20,21). The topological polar surface area (TPSA) is 161 Å². The second-order valence-electron chi connectivity index (χ2n) is 7.98. The minimum absolute atomic E-state index is 0.173. The van der Waals surface area contributed by atoms with Crippen molar-refractivity contribution in [3.63, 3.8) is 0 Å². The first-order valence-electron chi connectivity index (χ1n) is 10.6. The van der Waals surface area contributed by atoms with E-state index in [0.29, 0.717) is 87.7 Å². The molecule has 176 valence electrons. The zero-order valence-electron chi connectivity index (χ0n) is 18.2. The average Bonchev–Trinajstić information content (AvgIpc) is 3.22.